The summed E-state index contributed by atoms with van der Waals surface area (Å²) in [7, 11) is 2.16. The molecule has 1 aromatic rings. The maximum Gasteiger partial charge on any atom is 0.252 e. The monoisotopic (exact) mass is 338 g/mol. The van der Waals surface area contributed by atoms with Crippen molar-refractivity contribution < 1.29 is 4.79 Å². The zero-order valence-electron chi connectivity index (χ0n) is 12.3. The van der Waals surface area contributed by atoms with Crippen LogP contribution in [0, 0.1) is 6.92 Å². The molecule has 4 heteroatoms. The van der Waals surface area contributed by atoms with E-state index in [1.807, 2.05) is 25.1 Å². The first-order valence-corrected chi connectivity index (χ1v) is 8.12. The quantitative estimate of drug-likeness (QED) is 0.892. The normalized spacial score (nSPS) is 15.8. The highest BCUT2D eigenvalue weighted by atomic mass is 79.9. The highest BCUT2D eigenvalue weighted by Gasteiger charge is 2.19. The Hall–Kier alpha value is -0.870. The van der Waals surface area contributed by atoms with Crippen LogP contribution in [-0.4, -0.2) is 37.0 Å². The van der Waals surface area contributed by atoms with Crippen LogP contribution >= 0.6 is 15.9 Å². The zero-order valence-corrected chi connectivity index (χ0v) is 13.9. The van der Waals surface area contributed by atoms with E-state index < -0.39 is 0 Å². The number of nitrogens with zero attached hydrogens (tertiary/aromatic N) is 1. The van der Waals surface area contributed by atoms with Crippen molar-refractivity contribution in [3.63, 3.8) is 0 Å². The maximum absolute atomic E-state index is 12.1. The van der Waals surface area contributed by atoms with Gasteiger partial charge in [-0.15, -0.1) is 0 Å². The van der Waals surface area contributed by atoms with Crippen LogP contribution in [0.2, 0.25) is 0 Å². The number of hydrogen-bond acceptors (Lipinski definition) is 2. The lowest BCUT2D eigenvalue weighted by Crippen LogP contribution is -2.37. The van der Waals surface area contributed by atoms with Gasteiger partial charge in [0.1, 0.15) is 0 Å². The van der Waals surface area contributed by atoms with E-state index in [-0.39, 0.29) is 5.91 Å². The summed E-state index contributed by atoms with van der Waals surface area (Å²) >= 11 is 3.45. The number of amides is 1. The van der Waals surface area contributed by atoms with Crippen molar-refractivity contribution >= 4 is 21.8 Å². The summed E-state index contributed by atoms with van der Waals surface area (Å²) in [5, 5.41) is 3.00. The summed E-state index contributed by atoms with van der Waals surface area (Å²) in [6.07, 6.45) is 5.29. The van der Waals surface area contributed by atoms with Gasteiger partial charge in [-0.3, -0.25) is 4.79 Å². The van der Waals surface area contributed by atoms with Crippen LogP contribution in [0.1, 0.15) is 41.6 Å². The van der Waals surface area contributed by atoms with Crippen LogP contribution in [0.5, 0.6) is 0 Å². The Bertz CT molecular complexity index is 470. The topological polar surface area (TPSA) is 32.3 Å². The second kappa shape index (κ2) is 7.23. The molecule has 1 amide bonds. The molecule has 0 unspecified atom stereocenters. The number of aryl methyl sites for hydroxylation is 1. The zero-order chi connectivity index (χ0) is 14.5. The summed E-state index contributed by atoms with van der Waals surface area (Å²) < 4.78 is 0.860. The summed E-state index contributed by atoms with van der Waals surface area (Å²) in [5.74, 6) is -0.00306. The molecule has 0 bridgehead atoms. The molecule has 1 aromatic carbocycles. The highest BCUT2D eigenvalue weighted by Crippen LogP contribution is 2.22. The van der Waals surface area contributed by atoms with Gasteiger partial charge >= 0.3 is 0 Å². The van der Waals surface area contributed by atoms with E-state index in [0.717, 1.165) is 16.6 Å². The molecule has 1 saturated carbocycles. The molecule has 0 atom stereocenters. The maximum atomic E-state index is 12.1. The van der Waals surface area contributed by atoms with Crippen molar-refractivity contribution in [3.05, 3.63) is 33.8 Å². The molecule has 2 rings (SSSR count). The smallest absolute Gasteiger partial charge is 0.252 e. The molecule has 0 saturated heterocycles. The minimum absolute atomic E-state index is 0.00306. The minimum Gasteiger partial charge on any atom is -0.351 e. The summed E-state index contributed by atoms with van der Waals surface area (Å²) in [4.78, 5) is 14.5. The Balaban J connectivity index is 1.80. The van der Waals surface area contributed by atoms with Crippen LogP contribution in [-0.2, 0) is 0 Å². The van der Waals surface area contributed by atoms with Gasteiger partial charge in [0.25, 0.3) is 5.91 Å². The first-order valence-electron chi connectivity index (χ1n) is 7.32. The second-order valence-electron chi connectivity index (χ2n) is 5.66. The number of nitrogens with one attached hydrogen (secondary N) is 1. The van der Waals surface area contributed by atoms with Gasteiger partial charge in [-0.25, -0.2) is 0 Å². The van der Waals surface area contributed by atoms with Crippen molar-refractivity contribution in [2.24, 2.45) is 0 Å². The van der Waals surface area contributed by atoms with E-state index in [4.69, 9.17) is 0 Å². The molecule has 0 aliphatic heterocycles. The number of carbonyl (C=O) groups excluding carboxylic acids is 1. The molecule has 0 aromatic heterocycles. The Morgan fingerprint density at radius 1 is 1.40 bits per heavy atom. The highest BCUT2D eigenvalue weighted by molar-refractivity contribution is 9.10. The molecule has 0 radical (unpaired) electrons. The lowest BCUT2D eigenvalue weighted by Gasteiger charge is -2.23. The van der Waals surface area contributed by atoms with Crippen molar-refractivity contribution in [2.45, 2.75) is 38.6 Å². The Kier molecular flexibility index (Phi) is 5.61. The van der Waals surface area contributed by atoms with Gasteiger partial charge in [0.15, 0.2) is 0 Å². The average molecular weight is 339 g/mol. The third-order valence-corrected chi connectivity index (χ3v) is 4.72. The van der Waals surface area contributed by atoms with Gasteiger partial charge in [0, 0.05) is 23.6 Å². The lowest BCUT2D eigenvalue weighted by molar-refractivity contribution is 0.0946. The van der Waals surface area contributed by atoms with Crippen molar-refractivity contribution in [1.82, 2.24) is 10.2 Å². The molecule has 1 fully saturated rings. The van der Waals surface area contributed by atoms with E-state index in [2.05, 4.69) is 33.2 Å². The summed E-state index contributed by atoms with van der Waals surface area (Å²) in [6, 6.07) is 6.51. The van der Waals surface area contributed by atoms with Crippen LogP contribution in [0.25, 0.3) is 0 Å². The van der Waals surface area contributed by atoms with Crippen LogP contribution in [0.15, 0.2) is 22.7 Å². The standard InChI is InChI=1S/C16H23BrN2O/c1-12-7-8-14(15(17)11-12)16(20)18-9-10-19(2)13-5-3-4-6-13/h7-8,11,13H,3-6,9-10H2,1-2H3,(H,18,20). The van der Waals surface area contributed by atoms with E-state index in [1.54, 1.807) is 0 Å². The number of halogens is 1. The van der Waals surface area contributed by atoms with Gasteiger partial charge in [-0.05, 0) is 60.4 Å². The molecule has 0 spiro atoms. The van der Waals surface area contributed by atoms with Gasteiger partial charge in [-0.2, -0.15) is 0 Å². The largest absolute Gasteiger partial charge is 0.351 e. The fraction of sp³-hybridized carbons (Fsp3) is 0.562. The van der Waals surface area contributed by atoms with E-state index >= 15 is 0 Å². The van der Waals surface area contributed by atoms with Crippen molar-refractivity contribution in [1.29, 1.82) is 0 Å². The molecular weight excluding hydrogens is 316 g/mol. The Morgan fingerprint density at radius 3 is 2.75 bits per heavy atom. The predicted octanol–water partition coefficient (Wildman–Crippen LogP) is 3.36. The van der Waals surface area contributed by atoms with Crippen molar-refractivity contribution in [2.75, 3.05) is 20.1 Å². The molecule has 20 heavy (non-hydrogen) atoms. The Morgan fingerprint density at radius 2 is 2.10 bits per heavy atom. The molecule has 110 valence electrons. The first-order chi connectivity index (χ1) is 9.58. The van der Waals surface area contributed by atoms with Crippen LogP contribution in [0.3, 0.4) is 0 Å². The average Bonchev–Trinajstić information content (AvgIpc) is 2.92. The number of hydrogen-bond donors (Lipinski definition) is 1. The van der Waals surface area contributed by atoms with Gasteiger partial charge < -0.3 is 10.2 Å². The fourth-order valence-electron chi connectivity index (χ4n) is 2.77. The minimum atomic E-state index is -0.00306. The van der Waals surface area contributed by atoms with Gasteiger partial charge in [-0.1, -0.05) is 18.9 Å². The van der Waals surface area contributed by atoms with Gasteiger partial charge in [0.2, 0.25) is 0 Å². The van der Waals surface area contributed by atoms with E-state index in [1.165, 1.54) is 25.7 Å². The third kappa shape index (κ3) is 4.06. The van der Waals surface area contributed by atoms with Crippen LogP contribution in [0.4, 0.5) is 0 Å². The summed E-state index contributed by atoms with van der Waals surface area (Å²) in [5.41, 5.74) is 1.86. The molecule has 0 heterocycles. The SMILES string of the molecule is Cc1ccc(C(=O)NCCN(C)C2CCCC2)c(Br)c1. The number of likely N-dealkylation sites (N-methyl/N-ethyl adjacent to an activating group) is 1. The summed E-state index contributed by atoms with van der Waals surface area (Å²) in [6.45, 7) is 3.63. The van der Waals surface area contributed by atoms with E-state index in [0.29, 0.717) is 18.2 Å². The Labute approximate surface area is 129 Å². The number of benzene rings is 1. The molecule has 1 aliphatic carbocycles. The number of rotatable bonds is 5. The number of carbonyl (C=O) groups is 1. The fourth-order valence-corrected chi connectivity index (χ4v) is 3.45. The third-order valence-electron chi connectivity index (χ3n) is 4.07. The molecule has 1 N–H and O–H groups in total. The predicted molar refractivity (Wildman–Crippen MR) is 86.1 cm³/mol. The molecule has 1 aliphatic rings. The second-order valence-corrected chi connectivity index (χ2v) is 6.51. The van der Waals surface area contributed by atoms with E-state index in [9.17, 15) is 4.79 Å². The van der Waals surface area contributed by atoms with Gasteiger partial charge in [0.05, 0.1) is 5.56 Å². The molecule has 3 nitrogen and oxygen atoms in total. The van der Waals surface area contributed by atoms with Crippen LogP contribution < -0.4 is 5.32 Å². The molecular formula is C16H23BrN2O. The first kappa shape index (κ1) is 15.5. The lowest BCUT2D eigenvalue weighted by atomic mass is 10.1. The van der Waals surface area contributed by atoms with Crippen molar-refractivity contribution in [3.8, 4) is 0 Å².